The summed E-state index contributed by atoms with van der Waals surface area (Å²) >= 11 is 0. The number of benzene rings is 2. The maximum atomic E-state index is 12.9. The van der Waals surface area contributed by atoms with Crippen molar-refractivity contribution in [2.75, 3.05) is 39.1 Å². The van der Waals surface area contributed by atoms with Gasteiger partial charge in [-0.3, -0.25) is 9.59 Å². The predicted molar refractivity (Wildman–Crippen MR) is 124 cm³/mol. The van der Waals surface area contributed by atoms with Crippen molar-refractivity contribution in [3.8, 4) is 5.75 Å². The van der Waals surface area contributed by atoms with Gasteiger partial charge < -0.3 is 19.9 Å². The summed E-state index contributed by atoms with van der Waals surface area (Å²) in [7, 11) is 3.95. The van der Waals surface area contributed by atoms with Gasteiger partial charge in [-0.2, -0.15) is 0 Å². The smallest absolute Gasteiger partial charge is 0.259 e. The Hall–Kier alpha value is -2.86. The molecule has 0 bridgehead atoms. The number of carbonyl (C=O) groups is 2. The summed E-state index contributed by atoms with van der Waals surface area (Å²) < 4.78 is 5.81. The number of amides is 2. The van der Waals surface area contributed by atoms with Gasteiger partial charge in [0.1, 0.15) is 12.4 Å². The van der Waals surface area contributed by atoms with Crippen molar-refractivity contribution in [2.45, 2.75) is 39.2 Å². The van der Waals surface area contributed by atoms with Gasteiger partial charge in [0.05, 0.1) is 5.56 Å². The number of likely N-dealkylation sites (tertiary alicyclic amines) is 1. The Morgan fingerprint density at radius 3 is 2.65 bits per heavy atom. The number of rotatable bonds is 7. The van der Waals surface area contributed by atoms with Crippen LogP contribution in [0.5, 0.6) is 5.75 Å². The molecule has 1 saturated heterocycles. The number of likely N-dealkylation sites (N-methyl/N-ethyl adjacent to an activating group) is 1. The summed E-state index contributed by atoms with van der Waals surface area (Å²) in [4.78, 5) is 29.8. The molecule has 0 radical (unpaired) electrons. The van der Waals surface area contributed by atoms with E-state index in [0.717, 1.165) is 31.5 Å². The second kappa shape index (κ2) is 10.4. The molecule has 166 valence electrons. The molecule has 1 aliphatic heterocycles. The third kappa shape index (κ3) is 5.85. The Kier molecular flexibility index (Phi) is 7.69. The molecule has 1 atom stereocenters. The highest BCUT2D eigenvalue weighted by Crippen LogP contribution is 2.24. The van der Waals surface area contributed by atoms with Crippen LogP contribution in [0.25, 0.3) is 0 Å². The Labute approximate surface area is 185 Å². The highest BCUT2D eigenvalue weighted by atomic mass is 16.5. The molecule has 1 aliphatic rings. The molecule has 0 aliphatic carbocycles. The number of hydrogen-bond donors (Lipinski definition) is 1. The lowest BCUT2D eigenvalue weighted by Gasteiger charge is -2.33. The molecule has 3 rings (SSSR count). The maximum Gasteiger partial charge on any atom is 0.259 e. The van der Waals surface area contributed by atoms with E-state index >= 15 is 0 Å². The summed E-state index contributed by atoms with van der Waals surface area (Å²) in [5, 5.41) is 2.97. The number of para-hydroxylation sites is 1. The zero-order valence-electron chi connectivity index (χ0n) is 19.0. The van der Waals surface area contributed by atoms with E-state index in [1.807, 2.05) is 55.1 Å². The van der Waals surface area contributed by atoms with Crippen LogP contribution in [0.2, 0.25) is 0 Å². The van der Waals surface area contributed by atoms with Crippen LogP contribution in [-0.2, 0) is 0 Å². The number of aryl methyl sites for hydroxylation is 1. The second-order valence-corrected chi connectivity index (χ2v) is 8.48. The monoisotopic (exact) mass is 423 g/mol. The quantitative estimate of drug-likeness (QED) is 0.725. The first kappa shape index (κ1) is 22.8. The van der Waals surface area contributed by atoms with Gasteiger partial charge in [0.15, 0.2) is 0 Å². The van der Waals surface area contributed by atoms with E-state index in [4.69, 9.17) is 4.74 Å². The predicted octanol–water partition coefficient (Wildman–Crippen LogP) is 4.20. The van der Waals surface area contributed by atoms with E-state index in [0.29, 0.717) is 29.2 Å². The maximum absolute atomic E-state index is 12.9. The van der Waals surface area contributed by atoms with Crippen molar-refractivity contribution in [3.63, 3.8) is 0 Å². The second-order valence-electron chi connectivity index (χ2n) is 8.48. The molecular weight excluding hydrogens is 390 g/mol. The average Bonchev–Trinajstić information content (AvgIpc) is 2.75. The van der Waals surface area contributed by atoms with Crippen LogP contribution in [0.15, 0.2) is 42.5 Å². The Morgan fingerprint density at radius 2 is 1.94 bits per heavy atom. The van der Waals surface area contributed by atoms with Crippen molar-refractivity contribution >= 4 is 17.5 Å². The number of carbonyl (C=O) groups excluding carboxylic acids is 2. The van der Waals surface area contributed by atoms with Crippen LogP contribution in [0.4, 0.5) is 5.69 Å². The molecule has 1 heterocycles. The topological polar surface area (TPSA) is 61.9 Å². The Morgan fingerprint density at radius 1 is 1.16 bits per heavy atom. The first-order chi connectivity index (χ1) is 14.9. The van der Waals surface area contributed by atoms with E-state index < -0.39 is 0 Å². The number of piperidine rings is 1. The van der Waals surface area contributed by atoms with Crippen LogP contribution in [-0.4, -0.2) is 61.4 Å². The zero-order valence-corrected chi connectivity index (χ0v) is 19.0. The average molecular weight is 424 g/mol. The summed E-state index contributed by atoms with van der Waals surface area (Å²) in [5.74, 6) is 0.394. The summed E-state index contributed by atoms with van der Waals surface area (Å²) in [6.45, 7) is 6.09. The number of anilines is 1. The van der Waals surface area contributed by atoms with Gasteiger partial charge in [0.2, 0.25) is 0 Å². The summed E-state index contributed by atoms with van der Waals surface area (Å²) in [5.41, 5.74) is 2.70. The van der Waals surface area contributed by atoms with Crippen molar-refractivity contribution in [1.29, 1.82) is 0 Å². The lowest BCUT2D eigenvalue weighted by Crippen LogP contribution is -2.42. The number of ether oxygens (including phenoxy) is 1. The van der Waals surface area contributed by atoms with Crippen LogP contribution >= 0.6 is 0 Å². The van der Waals surface area contributed by atoms with Crippen molar-refractivity contribution in [3.05, 3.63) is 59.2 Å². The van der Waals surface area contributed by atoms with Gasteiger partial charge in [-0.25, -0.2) is 0 Å². The van der Waals surface area contributed by atoms with Crippen LogP contribution < -0.4 is 10.1 Å². The molecule has 0 aromatic heterocycles. The Balaban J connectivity index is 1.70. The van der Waals surface area contributed by atoms with Gasteiger partial charge in [-0.05, 0) is 83.1 Å². The molecule has 2 aromatic rings. The minimum atomic E-state index is -0.229. The first-order valence-corrected chi connectivity index (χ1v) is 11.0. The van der Waals surface area contributed by atoms with Gasteiger partial charge >= 0.3 is 0 Å². The van der Waals surface area contributed by atoms with Crippen molar-refractivity contribution in [1.82, 2.24) is 9.80 Å². The molecule has 6 nitrogen and oxygen atoms in total. The fourth-order valence-corrected chi connectivity index (χ4v) is 3.81. The van der Waals surface area contributed by atoms with Gasteiger partial charge in [-0.15, -0.1) is 0 Å². The fraction of sp³-hybridized carbons (Fsp3) is 0.440. The van der Waals surface area contributed by atoms with Crippen LogP contribution in [0.1, 0.15) is 52.5 Å². The number of nitrogens with one attached hydrogen (secondary N) is 1. The standard InChI is InChI=1S/C25H33N3O3/c1-18-17-20(25(30)28-14-8-7-9-19(28)2)12-13-22(18)26-24(29)21-10-5-6-11-23(21)31-16-15-27(3)4/h5-6,10-13,17,19H,7-9,14-16H2,1-4H3,(H,26,29). The van der Waals surface area contributed by atoms with E-state index in [2.05, 4.69) is 12.2 Å². The molecular formula is C25H33N3O3. The molecule has 31 heavy (non-hydrogen) atoms. The minimum Gasteiger partial charge on any atom is -0.491 e. The van der Waals surface area contributed by atoms with E-state index in [-0.39, 0.29) is 17.9 Å². The fourth-order valence-electron chi connectivity index (χ4n) is 3.81. The summed E-state index contributed by atoms with van der Waals surface area (Å²) in [6, 6.07) is 13.0. The van der Waals surface area contributed by atoms with E-state index in [9.17, 15) is 9.59 Å². The molecule has 1 unspecified atom stereocenters. The number of hydrogen-bond acceptors (Lipinski definition) is 4. The van der Waals surface area contributed by atoms with Gasteiger partial charge in [0, 0.05) is 30.4 Å². The normalized spacial score (nSPS) is 16.3. The molecule has 2 aromatic carbocycles. The van der Waals surface area contributed by atoms with E-state index in [1.54, 1.807) is 18.2 Å². The lowest BCUT2D eigenvalue weighted by molar-refractivity contribution is 0.0635. The molecule has 0 saturated carbocycles. The highest BCUT2D eigenvalue weighted by Gasteiger charge is 2.24. The molecule has 0 spiro atoms. The van der Waals surface area contributed by atoms with Crippen molar-refractivity contribution in [2.24, 2.45) is 0 Å². The third-order valence-electron chi connectivity index (χ3n) is 5.71. The van der Waals surface area contributed by atoms with Gasteiger partial charge in [0.25, 0.3) is 11.8 Å². The largest absolute Gasteiger partial charge is 0.491 e. The SMILES string of the molecule is Cc1cc(C(=O)N2CCCCC2C)ccc1NC(=O)c1ccccc1OCCN(C)C. The summed E-state index contributed by atoms with van der Waals surface area (Å²) in [6.07, 6.45) is 3.28. The molecule has 2 amide bonds. The van der Waals surface area contributed by atoms with E-state index in [1.165, 1.54) is 6.42 Å². The van der Waals surface area contributed by atoms with Gasteiger partial charge in [-0.1, -0.05) is 12.1 Å². The first-order valence-electron chi connectivity index (χ1n) is 11.0. The molecule has 1 N–H and O–H groups in total. The highest BCUT2D eigenvalue weighted by molar-refractivity contribution is 6.06. The van der Waals surface area contributed by atoms with Crippen molar-refractivity contribution < 1.29 is 14.3 Å². The zero-order chi connectivity index (χ0) is 22.4. The molecule has 1 fully saturated rings. The van der Waals surface area contributed by atoms with Crippen LogP contribution in [0, 0.1) is 6.92 Å². The number of nitrogens with zero attached hydrogens (tertiary/aromatic N) is 2. The molecule has 6 heteroatoms. The third-order valence-corrected chi connectivity index (χ3v) is 5.71. The minimum absolute atomic E-state index is 0.0628. The lowest BCUT2D eigenvalue weighted by atomic mass is 10.0. The Bertz CT molecular complexity index is 926. The van der Waals surface area contributed by atoms with Crippen LogP contribution in [0.3, 0.4) is 0 Å².